The van der Waals surface area contributed by atoms with Crippen molar-refractivity contribution in [3.8, 4) is 0 Å². The van der Waals surface area contributed by atoms with Gasteiger partial charge in [-0.25, -0.2) is 19.2 Å². The number of hydrogen-bond donors (Lipinski definition) is 1. The standard InChI is InChI=1S/C22H28O7/c1-3-5-7-13-8-9-14-15(19(24)28-18(14)23)11-22(27,10-6-4-2)12-16-17(13)21(26)29-20(16)25/h13,27H,3-12H2,1-2H3. The number of ether oxygens (including phenoxy) is 2. The van der Waals surface area contributed by atoms with Crippen molar-refractivity contribution >= 4 is 23.9 Å². The van der Waals surface area contributed by atoms with Crippen LogP contribution in [-0.2, 0) is 28.7 Å². The minimum absolute atomic E-state index is 0.0756. The first-order valence-corrected chi connectivity index (χ1v) is 10.5. The maximum Gasteiger partial charge on any atom is 0.342 e. The molecule has 158 valence electrons. The predicted molar refractivity (Wildman–Crippen MR) is 102 cm³/mol. The van der Waals surface area contributed by atoms with E-state index in [1.165, 1.54) is 0 Å². The second-order valence-corrected chi connectivity index (χ2v) is 8.26. The van der Waals surface area contributed by atoms with E-state index in [2.05, 4.69) is 0 Å². The molecule has 3 rings (SSSR count). The van der Waals surface area contributed by atoms with Gasteiger partial charge < -0.3 is 14.6 Å². The Labute approximate surface area is 170 Å². The molecule has 0 aromatic carbocycles. The Bertz CT molecular complexity index is 804. The summed E-state index contributed by atoms with van der Waals surface area (Å²) in [6.45, 7) is 4.01. The Morgan fingerprint density at radius 1 is 0.862 bits per heavy atom. The number of carbonyl (C=O) groups excluding carboxylic acids is 4. The van der Waals surface area contributed by atoms with E-state index in [9.17, 15) is 24.3 Å². The molecule has 0 fully saturated rings. The van der Waals surface area contributed by atoms with Crippen LogP contribution in [0, 0.1) is 5.92 Å². The molecule has 0 aromatic rings. The molecule has 0 saturated heterocycles. The first kappa shape index (κ1) is 21.4. The number of hydrogen-bond acceptors (Lipinski definition) is 7. The number of esters is 4. The lowest BCUT2D eigenvalue weighted by Gasteiger charge is -2.30. The molecule has 2 heterocycles. The van der Waals surface area contributed by atoms with Gasteiger partial charge in [-0.15, -0.1) is 0 Å². The molecule has 7 heteroatoms. The van der Waals surface area contributed by atoms with Crippen LogP contribution in [0.3, 0.4) is 0 Å². The summed E-state index contributed by atoms with van der Waals surface area (Å²) in [5, 5.41) is 11.4. The monoisotopic (exact) mass is 404 g/mol. The minimum atomic E-state index is -1.43. The maximum atomic E-state index is 12.5. The van der Waals surface area contributed by atoms with Crippen LogP contribution in [0.15, 0.2) is 22.3 Å². The summed E-state index contributed by atoms with van der Waals surface area (Å²) in [6, 6.07) is 0. The van der Waals surface area contributed by atoms with Crippen molar-refractivity contribution in [2.45, 2.75) is 83.7 Å². The van der Waals surface area contributed by atoms with E-state index >= 15 is 0 Å². The fourth-order valence-corrected chi connectivity index (χ4v) is 4.51. The van der Waals surface area contributed by atoms with Gasteiger partial charge in [0.2, 0.25) is 0 Å². The summed E-state index contributed by atoms with van der Waals surface area (Å²) < 4.78 is 9.73. The summed E-state index contributed by atoms with van der Waals surface area (Å²) in [4.78, 5) is 49.4. The molecule has 2 unspecified atom stereocenters. The van der Waals surface area contributed by atoms with E-state index in [4.69, 9.17) is 9.47 Å². The van der Waals surface area contributed by atoms with E-state index in [0.717, 1.165) is 19.3 Å². The highest BCUT2D eigenvalue weighted by Crippen LogP contribution is 2.42. The van der Waals surface area contributed by atoms with E-state index < -0.39 is 29.5 Å². The van der Waals surface area contributed by atoms with Crippen molar-refractivity contribution in [3.63, 3.8) is 0 Å². The summed E-state index contributed by atoms with van der Waals surface area (Å²) in [5.41, 5.74) is -0.397. The predicted octanol–water partition coefficient (Wildman–Crippen LogP) is 3.05. The first-order valence-electron chi connectivity index (χ1n) is 10.5. The Morgan fingerprint density at radius 2 is 1.45 bits per heavy atom. The zero-order valence-corrected chi connectivity index (χ0v) is 17.0. The smallest absolute Gasteiger partial charge is 0.342 e. The SMILES string of the molecule is CCCCC1CCC2=C(CC(O)(CCCC)CC3=C1C(=O)OC3=O)C(=O)OC2=O. The number of aliphatic hydroxyl groups is 1. The van der Waals surface area contributed by atoms with Gasteiger partial charge in [-0.3, -0.25) is 0 Å². The Morgan fingerprint density at radius 3 is 2.14 bits per heavy atom. The molecule has 29 heavy (non-hydrogen) atoms. The lowest BCUT2D eigenvalue weighted by molar-refractivity contribution is -0.152. The van der Waals surface area contributed by atoms with E-state index in [-0.39, 0.29) is 41.9 Å². The van der Waals surface area contributed by atoms with Crippen molar-refractivity contribution in [3.05, 3.63) is 22.3 Å². The average Bonchev–Trinajstić information content (AvgIpc) is 3.09. The van der Waals surface area contributed by atoms with Crippen LogP contribution in [0.2, 0.25) is 0 Å². The van der Waals surface area contributed by atoms with Crippen molar-refractivity contribution in [1.29, 1.82) is 0 Å². The number of rotatable bonds is 6. The maximum absolute atomic E-state index is 12.5. The second-order valence-electron chi connectivity index (χ2n) is 8.26. The van der Waals surface area contributed by atoms with Gasteiger partial charge in [-0.05, 0) is 31.6 Å². The Hall–Kier alpha value is -2.28. The fraction of sp³-hybridized carbons (Fsp3) is 0.636. The zero-order valence-electron chi connectivity index (χ0n) is 17.0. The summed E-state index contributed by atoms with van der Waals surface area (Å²) in [6.07, 6.45) is 4.79. The summed E-state index contributed by atoms with van der Waals surface area (Å²) in [7, 11) is 0. The molecule has 0 spiro atoms. The van der Waals surface area contributed by atoms with Crippen LogP contribution in [0.4, 0.5) is 0 Å². The molecule has 2 aliphatic heterocycles. The quantitative estimate of drug-likeness (QED) is 0.535. The topological polar surface area (TPSA) is 107 Å². The summed E-state index contributed by atoms with van der Waals surface area (Å²) >= 11 is 0. The van der Waals surface area contributed by atoms with Crippen LogP contribution in [-0.4, -0.2) is 34.6 Å². The van der Waals surface area contributed by atoms with Gasteiger partial charge in [-0.2, -0.15) is 0 Å². The molecule has 1 aliphatic carbocycles. The molecule has 1 N–H and O–H groups in total. The van der Waals surface area contributed by atoms with Crippen LogP contribution in [0.5, 0.6) is 0 Å². The molecular formula is C22H28O7. The number of unbranched alkanes of at least 4 members (excludes halogenated alkanes) is 2. The molecule has 0 amide bonds. The second kappa shape index (κ2) is 8.61. The molecule has 0 radical (unpaired) electrons. The van der Waals surface area contributed by atoms with Gasteiger partial charge in [-0.1, -0.05) is 39.5 Å². The molecule has 2 atom stereocenters. The Balaban J connectivity index is 2.07. The third kappa shape index (κ3) is 4.34. The molecule has 0 aromatic heterocycles. The van der Waals surface area contributed by atoms with E-state index in [0.29, 0.717) is 31.3 Å². The average molecular weight is 404 g/mol. The number of cyclic esters (lactones) is 4. The van der Waals surface area contributed by atoms with Gasteiger partial charge in [0, 0.05) is 18.4 Å². The van der Waals surface area contributed by atoms with Crippen molar-refractivity contribution in [1.82, 2.24) is 0 Å². The van der Waals surface area contributed by atoms with Crippen molar-refractivity contribution in [2.75, 3.05) is 0 Å². The van der Waals surface area contributed by atoms with Gasteiger partial charge in [0.05, 0.1) is 22.3 Å². The molecular weight excluding hydrogens is 376 g/mol. The molecule has 3 aliphatic rings. The summed E-state index contributed by atoms with van der Waals surface area (Å²) in [5.74, 6) is -3.01. The van der Waals surface area contributed by atoms with Crippen LogP contribution < -0.4 is 0 Å². The van der Waals surface area contributed by atoms with Gasteiger partial charge in [0.15, 0.2) is 0 Å². The van der Waals surface area contributed by atoms with Gasteiger partial charge >= 0.3 is 23.9 Å². The molecule has 0 saturated carbocycles. The highest BCUT2D eigenvalue weighted by molar-refractivity contribution is 6.14. The largest absolute Gasteiger partial charge is 0.389 e. The lowest BCUT2D eigenvalue weighted by atomic mass is 9.77. The number of carbonyl (C=O) groups is 4. The third-order valence-corrected chi connectivity index (χ3v) is 6.08. The normalized spacial score (nSPS) is 27.8. The van der Waals surface area contributed by atoms with Gasteiger partial charge in [0.25, 0.3) is 0 Å². The van der Waals surface area contributed by atoms with E-state index in [1.54, 1.807) is 0 Å². The van der Waals surface area contributed by atoms with Crippen molar-refractivity contribution < 1.29 is 33.8 Å². The van der Waals surface area contributed by atoms with Crippen LogP contribution >= 0.6 is 0 Å². The molecule has 7 nitrogen and oxygen atoms in total. The highest BCUT2D eigenvalue weighted by Gasteiger charge is 2.45. The highest BCUT2D eigenvalue weighted by atomic mass is 16.6. The zero-order chi connectivity index (χ0) is 21.2. The lowest BCUT2D eigenvalue weighted by Crippen LogP contribution is -2.33. The van der Waals surface area contributed by atoms with Crippen LogP contribution in [0.25, 0.3) is 0 Å². The first-order chi connectivity index (χ1) is 13.8. The van der Waals surface area contributed by atoms with Crippen LogP contribution in [0.1, 0.15) is 78.1 Å². The van der Waals surface area contributed by atoms with E-state index in [1.807, 2.05) is 13.8 Å². The van der Waals surface area contributed by atoms with Gasteiger partial charge in [0.1, 0.15) is 0 Å². The third-order valence-electron chi connectivity index (χ3n) is 6.08. The van der Waals surface area contributed by atoms with Crippen molar-refractivity contribution in [2.24, 2.45) is 5.92 Å². The fourth-order valence-electron chi connectivity index (χ4n) is 4.51. The molecule has 0 bridgehead atoms. The minimum Gasteiger partial charge on any atom is -0.389 e. The Kier molecular flexibility index (Phi) is 6.36.